The number of carbonyl (C=O) groups is 3. The average Bonchev–Trinajstić information content (AvgIpc) is 3.55. The van der Waals surface area contributed by atoms with E-state index < -0.39 is 5.97 Å². The summed E-state index contributed by atoms with van der Waals surface area (Å²) in [7, 11) is 1.33. The molecule has 9 nitrogen and oxygen atoms in total. The molecular weight excluding hydrogens is 532 g/mol. The number of morpholine rings is 1. The molecular formula is C33H34N4O5. The molecule has 3 aliphatic heterocycles. The molecule has 2 unspecified atom stereocenters. The van der Waals surface area contributed by atoms with E-state index in [4.69, 9.17) is 9.47 Å². The summed E-state index contributed by atoms with van der Waals surface area (Å²) in [4.78, 5) is 42.7. The minimum absolute atomic E-state index is 0.0911. The van der Waals surface area contributed by atoms with Crippen LogP contribution < -0.4 is 15.5 Å². The normalized spacial score (nSPS) is 20.9. The number of methoxy groups -OCH3 is 1. The van der Waals surface area contributed by atoms with Crippen molar-refractivity contribution in [1.82, 2.24) is 4.90 Å². The van der Waals surface area contributed by atoms with Crippen molar-refractivity contribution < 1.29 is 23.9 Å². The highest BCUT2D eigenvalue weighted by Gasteiger charge is 2.31. The highest BCUT2D eigenvalue weighted by atomic mass is 16.5. The molecule has 1 fully saturated rings. The topological polar surface area (TPSA) is 100 Å². The summed E-state index contributed by atoms with van der Waals surface area (Å²) >= 11 is 0. The molecule has 9 heteroatoms. The number of carbonyl (C=O) groups excluding carboxylic acids is 3. The lowest BCUT2D eigenvalue weighted by atomic mass is 9.99. The van der Waals surface area contributed by atoms with Gasteiger partial charge >= 0.3 is 5.97 Å². The lowest BCUT2D eigenvalue weighted by Crippen LogP contribution is -2.49. The summed E-state index contributed by atoms with van der Waals surface area (Å²) in [5.74, 6) is -0.637. The van der Waals surface area contributed by atoms with Crippen molar-refractivity contribution in [3.05, 3.63) is 89.0 Å². The number of esters is 1. The van der Waals surface area contributed by atoms with Crippen LogP contribution in [0.2, 0.25) is 0 Å². The van der Waals surface area contributed by atoms with E-state index >= 15 is 0 Å². The molecule has 1 saturated heterocycles. The lowest BCUT2D eigenvalue weighted by molar-refractivity contribution is -0.123. The number of hydrogen-bond acceptors (Lipinski definition) is 7. The van der Waals surface area contributed by atoms with Crippen LogP contribution in [0.25, 0.3) is 11.3 Å². The highest BCUT2D eigenvalue weighted by molar-refractivity contribution is 6.37. The first-order valence-electron chi connectivity index (χ1n) is 14.2. The summed E-state index contributed by atoms with van der Waals surface area (Å²) in [6.07, 6.45) is 0.971. The molecule has 42 heavy (non-hydrogen) atoms. The third kappa shape index (κ3) is 5.41. The number of ether oxygens (including phenoxy) is 2. The molecule has 0 saturated carbocycles. The smallest absolute Gasteiger partial charge is 0.337 e. The van der Waals surface area contributed by atoms with Crippen LogP contribution in [0.5, 0.6) is 0 Å². The van der Waals surface area contributed by atoms with Crippen LogP contribution in [0, 0.1) is 0 Å². The van der Waals surface area contributed by atoms with Gasteiger partial charge in [-0.1, -0.05) is 36.4 Å². The second-order valence-electron chi connectivity index (χ2n) is 11.0. The van der Waals surface area contributed by atoms with E-state index in [0.29, 0.717) is 41.2 Å². The Hall–Kier alpha value is -4.47. The second-order valence-corrected chi connectivity index (χ2v) is 11.0. The third-order valence-corrected chi connectivity index (χ3v) is 7.90. The SMILES string of the molecule is COC(=O)c1ccc2c(c1)NC(=O)/C2=C(\Nc1ccc2c(c1)CCN2C(=O)CN1CC(C)OC(C)C1)c1ccccc1. The minimum Gasteiger partial charge on any atom is -0.465 e. The standard InChI is InChI=1S/C33H34N4O5/c1-20-17-36(18-21(2)42-20)19-29(38)37-14-13-23-15-25(10-12-28(23)37)34-31(22-7-5-4-6-8-22)30-26-11-9-24(33(40)41-3)16-27(26)35-32(30)39/h4-12,15-16,20-21,34H,13-14,17-19H2,1-3H3,(H,35,39)/b31-30-. The Kier molecular flexibility index (Phi) is 7.53. The zero-order valence-corrected chi connectivity index (χ0v) is 24.0. The number of hydrogen-bond donors (Lipinski definition) is 2. The molecule has 216 valence electrons. The first kappa shape index (κ1) is 27.7. The first-order valence-corrected chi connectivity index (χ1v) is 14.2. The van der Waals surface area contributed by atoms with Gasteiger partial charge < -0.3 is 25.0 Å². The predicted molar refractivity (Wildman–Crippen MR) is 162 cm³/mol. The van der Waals surface area contributed by atoms with Gasteiger partial charge in [0.2, 0.25) is 5.91 Å². The monoisotopic (exact) mass is 566 g/mol. The molecule has 3 aromatic rings. The van der Waals surface area contributed by atoms with Gasteiger partial charge in [-0.05, 0) is 61.7 Å². The highest BCUT2D eigenvalue weighted by Crippen LogP contribution is 2.39. The molecule has 3 heterocycles. The largest absolute Gasteiger partial charge is 0.465 e. The van der Waals surface area contributed by atoms with E-state index in [1.807, 2.05) is 61.2 Å². The van der Waals surface area contributed by atoms with E-state index in [1.54, 1.807) is 18.2 Å². The van der Waals surface area contributed by atoms with E-state index in [2.05, 4.69) is 21.6 Å². The Labute approximate surface area is 245 Å². The quantitative estimate of drug-likeness (QED) is 0.337. The Morgan fingerprint density at radius 2 is 1.76 bits per heavy atom. The van der Waals surface area contributed by atoms with E-state index in [1.165, 1.54) is 7.11 Å². The Bertz CT molecular complexity index is 1570. The number of nitrogens with one attached hydrogen (secondary N) is 2. The van der Waals surface area contributed by atoms with Crippen LogP contribution in [-0.4, -0.2) is 68.2 Å². The zero-order chi connectivity index (χ0) is 29.4. The summed E-state index contributed by atoms with van der Waals surface area (Å²) in [5.41, 5.74) is 6.42. The van der Waals surface area contributed by atoms with Crippen molar-refractivity contribution in [2.45, 2.75) is 32.5 Å². The molecule has 3 aromatic carbocycles. The number of nitrogens with zero attached hydrogens (tertiary/aromatic N) is 2. The number of anilines is 3. The lowest BCUT2D eigenvalue weighted by Gasteiger charge is -2.35. The third-order valence-electron chi connectivity index (χ3n) is 7.90. The maximum Gasteiger partial charge on any atom is 0.337 e. The zero-order valence-electron chi connectivity index (χ0n) is 24.0. The number of benzene rings is 3. The maximum absolute atomic E-state index is 13.3. The molecule has 0 bridgehead atoms. The Morgan fingerprint density at radius 1 is 1.00 bits per heavy atom. The molecule has 2 amide bonds. The maximum atomic E-state index is 13.3. The van der Waals surface area contributed by atoms with Crippen LogP contribution in [0.4, 0.5) is 17.1 Å². The van der Waals surface area contributed by atoms with E-state index in [-0.39, 0.29) is 24.0 Å². The summed E-state index contributed by atoms with van der Waals surface area (Å²) in [6.45, 7) is 6.58. The first-order chi connectivity index (χ1) is 20.3. The number of rotatable bonds is 6. The van der Waals surface area contributed by atoms with Crippen molar-refractivity contribution in [3.63, 3.8) is 0 Å². The molecule has 2 atom stereocenters. The van der Waals surface area contributed by atoms with Gasteiger partial charge in [0.05, 0.1) is 48.4 Å². The van der Waals surface area contributed by atoms with Crippen molar-refractivity contribution in [3.8, 4) is 0 Å². The van der Waals surface area contributed by atoms with Crippen LogP contribution >= 0.6 is 0 Å². The number of amides is 2. The van der Waals surface area contributed by atoms with Gasteiger partial charge in [-0.25, -0.2) is 4.79 Å². The van der Waals surface area contributed by atoms with Crippen LogP contribution in [-0.2, 0) is 25.5 Å². The second kappa shape index (κ2) is 11.4. The van der Waals surface area contributed by atoms with Gasteiger partial charge in [0, 0.05) is 36.6 Å². The van der Waals surface area contributed by atoms with Gasteiger partial charge in [0.25, 0.3) is 5.91 Å². The minimum atomic E-state index is -0.467. The van der Waals surface area contributed by atoms with Gasteiger partial charge in [-0.15, -0.1) is 0 Å². The van der Waals surface area contributed by atoms with Crippen molar-refractivity contribution in [2.24, 2.45) is 0 Å². The molecule has 0 aromatic heterocycles. The molecule has 0 aliphatic carbocycles. The summed E-state index contributed by atoms with van der Waals surface area (Å²) in [6, 6.07) is 20.7. The predicted octanol–water partition coefficient (Wildman–Crippen LogP) is 4.40. The summed E-state index contributed by atoms with van der Waals surface area (Å²) in [5, 5.41) is 6.41. The fraction of sp³-hybridized carbons (Fsp3) is 0.303. The fourth-order valence-corrected chi connectivity index (χ4v) is 6.12. The molecule has 6 rings (SSSR count). The fourth-order valence-electron chi connectivity index (χ4n) is 6.12. The van der Waals surface area contributed by atoms with Gasteiger partial charge in [0.15, 0.2) is 0 Å². The average molecular weight is 567 g/mol. The Balaban J connectivity index is 1.29. The van der Waals surface area contributed by atoms with E-state index in [9.17, 15) is 14.4 Å². The van der Waals surface area contributed by atoms with Crippen molar-refractivity contribution in [1.29, 1.82) is 0 Å². The van der Waals surface area contributed by atoms with Crippen LogP contribution in [0.1, 0.15) is 40.9 Å². The molecule has 0 spiro atoms. The van der Waals surface area contributed by atoms with E-state index in [0.717, 1.165) is 42.0 Å². The molecule has 3 aliphatic rings. The van der Waals surface area contributed by atoms with Gasteiger partial charge in [-0.3, -0.25) is 14.5 Å². The van der Waals surface area contributed by atoms with Crippen LogP contribution in [0.15, 0.2) is 66.7 Å². The number of fused-ring (bicyclic) bond motifs is 2. The van der Waals surface area contributed by atoms with Crippen molar-refractivity contribution >= 4 is 46.1 Å². The van der Waals surface area contributed by atoms with Crippen LogP contribution in [0.3, 0.4) is 0 Å². The van der Waals surface area contributed by atoms with Gasteiger partial charge in [-0.2, -0.15) is 0 Å². The van der Waals surface area contributed by atoms with Crippen molar-refractivity contribution in [2.75, 3.05) is 48.8 Å². The molecule has 0 radical (unpaired) electrons. The summed E-state index contributed by atoms with van der Waals surface area (Å²) < 4.78 is 10.7. The Morgan fingerprint density at radius 3 is 2.50 bits per heavy atom. The molecule has 2 N–H and O–H groups in total. The van der Waals surface area contributed by atoms with Gasteiger partial charge in [0.1, 0.15) is 0 Å².